The zero-order valence-electron chi connectivity index (χ0n) is 14.0. The van der Waals surface area contributed by atoms with Crippen LogP contribution < -0.4 is 10.1 Å². The number of likely N-dealkylation sites (tertiary alicyclic amines) is 1. The Labute approximate surface area is 137 Å². The molecule has 3 rings (SSSR count). The van der Waals surface area contributed by atoms with Crippen LogP contribution in [0.5, 0.6) is 5.75 Å². The summed E-state index contributed by atoms with van der Waals surface area (Å²) in [5.74, 6) is 1.40. The number of rotatable bonds is 4. The van der Waals surface area contributed by atoms with Gasteiger partial charge < -0.3 is 15.0 Å². The first kappa shape index (κ1) is 16.1. The van der Waals surface area contributed by atoms with Gasteiger partial charge in [-0.2, -0.15) is 0 Å². The molecule has 0 bridgehead atoms. The van der Waals surface area contributed by atoms with Crippen LogP contribution in [-0.4, -0.2) is 43.6 Å². The molecule has 0 amide bonds. The predicted octanol–water partition coefficient (Wildman–Crippen LogP) is 3.04. The largest absolute Gasteiger partial charge is 0.489 e. The Bertz CT molecular complexity index is 554. The van der Waals surface area contributed by atoms with Gasteiger partial charge in [-0.15, -0.1) is 0 Å². The fraction of sp³-hybridized carbons (Fsp3) is 0.611. The van der Waals surface area contributed by atoms with Gasteiger partial charge in [0.2, 0.25) is 0 Å². The molecule has 1 aliphatic carbocycles. The van der Waals surface area contributed by atoms with Gasteiger partial charge in [0.15, 0.2) is 5.96 Å². The summed E-state index contributed by atoms with van der Waals surface area (Å²) in [5.41, 5.74) is 0.563. The summed E-state index contributed by atoms with van der Waals surface area (Å²) in [6, 6.07) is 6.14. The van der Waals surface area contributed by atoms with Crippen LogP contribution in [0.4, 0.5) is 4.39 Å². The van der Waals surface area contributed by atoms with Crippen molar-refractivity contribution in [1.82, 2.24) is 10.2 Å². The minimum atomic E-state index is -0.248. The Balaban J connectivity index is 1.47. The van der Waals surface area contributed by atoms with Crippen molar-refractivity contribution in [3.63, 3.8) is 0 Å². The standard InChI is InChI=1S/C18H26FN3O/c1-14(23-16-6-4-15(19)5-7-16)12-21-17(20-2)22-11-10-18(13-22)8-3-9-18/h4-7,14H,3,8-13H2,1-2H3,(H,20,21). The third-order valence-electron chi connectivity index (χ3n) is 5.06. The topological polar surface area (TPSA) is 36.9 Å². The highest BCUT2D eigenvalue weighted by atomic mass is 19.1. The number of guanidine groups is 1. The van der Waals surface area contributed by atoms with Crippen LogP contribution in [0, 0.1) is 11.2 Å². The van der Waals surface area contributed by atoms with E-state index in [2.05, 4.69) is 15.2 Å². The first-order valence-electron chi connectivity index (χ1n) is 8.48. The molecule has 1 saturated heterocycles. The van der Waals surface area contributed by atoms with Crippen molar-refractivity contribution in [3.05, 3.63) is 30.1 Å². The molecule has 1 aromatic rings. The van der Waals surface area contributed by atoms with E-state index in [4.69, 9.17) is 4.74 Å². The molecule has 2 fully saturated rings. The first-order chi connectivity index (χ1) is 11.1. The van der Waals surface area contributed by atoms with E-state index in [0.717, 1.165) is 19.0 Å². The maximum absolute atomic E-state index is 12.9. The summed E-state index contributed by atoms with van der Waals surface area (Å²) < 4.78 is 18.7. The smallest absolute Gasteiger partial charge is 0.193 e. The molecule has 1 heterocycles. The Hall–Kier alpha value is -1.78. The number of aliphatic imine (C=N–C) groups is 1. The van der Waals surface area contributed by atoms with E-state index < -0.39 is 0 Å². The van der Waals surface area contributed by atoms with Gasteiger partial charge in [-0.25, -0.2) is 4.39 Å². The maximum Gasteiger partial charge on any atom is 0.193 e. The van der Waals surface area contributed by atoms with Crippen LogP contribution >= 0.6 is 0 Å². The van der Waals surface area contributed by atoms with E-state index in [1.165, 1.54) is 37.8 Å². The number of benzene rings is 1. The van der Waals surface area contributed by atoms with Gasteiger partial charge in [0.1, 0.15) is 17.7 Å². The summed E-state index contributed by atoms with van der Waals surface area (Å²) in [6.45, 7) is 4.89. The van der Waals surface area contributed by atoms with Crippen LogP contribution in [0.2, 0.25) is 0 Å². The summed E-state index contributed by atoms with van der Waals surface area (Å²) in [5, 5.41) is 3.41. The van der Waals surface area contributed by atoms with E-state index >= 15 is 0 Å². The molecular weight excluding hydrogens is 293 g/mol. The summed E-state index contributed by atoms with van der Waals surface area (Å²) in [6.07, 6.45) is 5.38. The molecular formula is C18H26FN3O. The fourth-order valence-corrected chi connectivity index (χ4v) is 3.56. The minimum Gasteiger partial charge on any atom is -0.489 e. The number of nitrogens with zero attached hydrogens (tertiary/aromatic N) is 2. The molecule has 1 aromatic carbocycles. The molecule has 5 heteroatoms. The molecule has 2 aliphatic rings. The van der Waals surface area contributed by atoms with Crippen LogP contribution in [0.3, 0.4) is 0 Å². The van der Waals surface area contributed by atoms with Gasteiger partial charge in [-0.05, 0) is 55.9 Å². The molecule has 1 atom stereocenters. The Morgan fingerprint density at radius 2 is 2.09 bits per heavy atom. The lowest BCUT2D eigenvalue weighted by atomic mass is 9.68. The SMILES string of the molecule is CN=C(NCC(C)Oc1ccc(F)cc1)N1CCC2(CCC2)C1. The fourth-order valence-electron chi connectivity index (χ4n) is 3.56. The van der Waals surface area contributed by atoms with Crippen LogP contribution in [-0.2, 0) is 0 Å². The first-order valence-corrected chi connectivity index (χ1v) is 8.48. The number of halogens is 1. The molecule has 23 heavy (non-hydrogen) atoms. The van der Waals surface area contributed by atoms with E-state index in [1.807, 2.05) is 14.0 Å². The van der Waals surface area contributed by atoms with Crippen molar-refractivity contribution in [3.8, 4) is 5.75 Å². The third-order valence-corrected chi connectivity index (χ3v) is 5.06. The van der Waals surface area contributed by atoms with Gasteiger partial charge in [-0.1, -0.05) is 6.42 Å². The number of hydrogen-bond donors (Lipinski definition) is 1. The lowest BCUT2D eigenvalue weighted by Gasteiger charge is -2.38. The van der Waals surface area contributed by atoms with E-state index in [9.17, 15) is 4.39 Å². The average Bonchev–Trinajstić information content (AvgIpc) is 2.96. The zero-order chi connectivity index (χ0) is 16.3. The van der Waals surface area contributed by atoms with E-state index in [-0.39, 0.29) is 11.9 Å². The summed E-state index contributed by atoms with van der Waals surface area (Å²) in [7, 11) is 1.83. The molecule has 0 radical (unpaired) electrons. The second-order valence-electron chi connectivity index (χ2n) is 6.84. The van der Waals surface area contributed by atoms with Crippen molar-refractivity contribution in [1.29, 1.82) is 0 Å². The molecule has 1 unspecified atom stereocenters. The molecule has 1 N–H and O–H groups in total. The summed E-state index contributed by atoms with van der Waals surface area (Å²) in [4.78, 5) is 6.78. The van der Waals surface area contributed by atoms with Crippen LogP contribution in [0.1, 0.15) is 32.6 Å². The predicted molar refractivity (Wildman–Crippen MR) is 90.3 cm³/mol. The van der Waals surface area contributed by atoms with Crippen molar-refractivity contribution >= 4 is 5.96 Å². The number of nitrogens with one attached hydrogen (secondary N) is 1. The number of hydrogen-bond acceptors (Lipinski definition) is 2. The summed E-state index contributed by atoms with van der Waals surface area (Å²) >= 11 is 0. The lowest BCUT2D eigenvalue weighted by molar-refractivity contribution is 0.151. The van der Waals surface area contributed by atoms with E-state index in [0.29, 0.717) is 17.7 Å². The minimum absolute atomic E-state index is 0.0162. The van der Waals surface area contributed by atoms with Crippen molar-refractivity contribution < 1.29 is 9.13 Å². The van der Waals surface area contributed by atoms with E-state index in [1.54, 1.807) is 12.1 Å². The molecule has 1 aliphatic heterocycles. The highest BCUT2D eigenvalue weighted by Crippen LogP contribution is 2.47. The van der Waals surface area contributed by atoms with Gasteiger partial charge in [0, 0.05) is 20.1 Å². The van der Waals surface area contributed by atoms with Gasteiger partial charge >= 0.3 is 0 Å². The Morgan fingerprint density at radius 1 is 1.35 bits per heavy atom. The van der Waals surface area contributed by atoms with Gasteiger partial charge in [-0.3, -0.25) is 4.99 Å². The van der Waals surface area contributed by atoms with Crippen molar-refractivity contribution in [2.24, 2.45) is 10.4 Å². The second kappa shape index (κ2) is 6.77. The van der Waals surface area contributed by atoms with Crippen LogP contribution in [0.15, 0.2) is 29.3 Å². The quantitative estimate of drug-likeness (QED) is 0.684. The molecule has 126 valence electrons. The number of ether oxygens (including phenoxy) is 1. The lowest BCUT2D eigenvalue weighted by Crippen LogP contribution is -2.45. The second-order valence-corrected chi connectivity index (χ2v) is 6.84. The monoisotopic (exact) mass is 319 g/mol. The highest BCUT2D eigenvalue weighted by molar-refractivity contribution is 5.80. The zero-order valence-corrected chi connectivity index (χ0v) is 14.0. The van der Waals surface area contributed by atoms with Gasteiger partial charge in [0.25, 0.3) is 0 Å². The third kappa shape index (κ3) is 3.77. The average molecular weight is 319 g/mol. The highest BCUT2D eigenvalue weighted by Gasteiger charge is 2.43. The molecule has 4 nitrogen and oxygen atoms in total. The van der Waals surface area contributed by atoms with Crippen molar-refractivity contribution in [2.45, 2.75) is 38.7 Å². The Kier molecular flexibility index (Phi) is 4.74. The molecule has 1 saturated carbocycles. The molecule has 1 spiro atoms. The van der Waals surface area contributed by atoms with Gasteiger partial charge in [0.05, 0.1) is 6.54 Å². The molecule has 0 aromatic heterocycles. The van der Waals surface area contributed by atoms with Crippen molar-refractivity contribution in [2.75, 3.05) is 26.7 Å². The Morgan fingerprint density at radius 3 is 2.65 bits per heavy atom. The maximum atomic E-state index is 12.9. The normalized spacial score (nSPS) is 21.2. The van der Waals surface area contributed by atoms with Crippen LogP contribution in [0.25, 0.3) is 0 Å².